The van der Waals surface area contributed by atoms with Gasteiger partial charge in [0.2, 0.25) is 16.0 Å². The summed E-state index contributed by atoms with van der Waals surface area (Å²) in [5.74, 6) is -0.994. The first-order valence-corrected chi connectivity index (χ1v) is 12.8. The van der Waals surface area contributed by atoms with E-state index in [9.17, 15) is 31.5 Å². The third-order valence-corrected chi connectivity index (χ3v) is 7.50. The molecule has 37 heavy (non-hydrogen) atoms. The van der Waals surface area contributed by atoms with Crippen LogP contribution in [0.25, 0.3) is 11.0 Å². The summed E-state index contributed by atoms with van der Waals surface area (Å²) in [7, 11) is -3.65. The fourth-order valence-corrected chi connectivity index (χ4v) is 5.26. The lowest BCUT2D eigenvalue weighted by Gasteiger charge is -2.16. The molecule has 5 rings (SSSR count). The van der Waals surface area contributed by atoms with Crippen LogP contribution in [0.1, 0.15) is 34.3 Å². The zero-order chi connectivity index (χ0) is 26.4. The number of aromatic carboxylic acids is 1. The zero-order valence-electron chi connectivity index (χ0n) is 19.2. The van der Waals surface area contributed by atoms with Crippen LogP contribution in [0.4, 0.5) is 24.8 Å². The quantitative estimate of drug-likeness (QED) is 0.296. The molecule has 12 heteroatoms. The highest BCUT2D eigenvalue weighted by Crippen LogP contribution is 2.34. The zero-order valence-corrected chi connectivity index (χ0v) is 20.0. The second-order valence-corrected chi connectivity index (χ2v) is 10.4. The maximum atomic E-state index is 13.6. The molecular weight excluding hydrogens is 509 g/mol. The van der Waals surface area contributed by atoms with Crippen molar-refractivity contribution >= 4 is 38.7 Å². The third kappa shape index (κ3) is 5.30. The molecule has 3 aromatic carbocycles. The Morgan fingerprint density at radius 1 is 1.05 bits per heavy atom. The van der Waals surface area contributed by atoms with Crippen molar-refractivity contribution in [3.8, 4) is 0 Å². The largest absolute Gasteiger partial charge is 0.478 e. The number of hydrogen-bond donors (Lipinski definition) is 3. The summed E-state index contributed by atoms with van der Waals surface area (Å²) in [6.07, 6.45) is -2.96. The Morgan fingerprint density at radius 2 is 1.76 bits per heavy atom. The molecule has 3 N–H and O–H groups in total. The lowest BCUT2D eigenvalue weighted by molar-refractivity contribution is -0.138. The number of carbonyl (C=O) groups is 1. The molecule has 0 aliphatic heterocycles. The first kappa shape index (κ1) is 24.8. The van der Waals surface area contributed by atoms with E-state index in [1.807, 2.05) is 0 Å². The number of aromatic nitrogens is 2. The van der Waals surface area contributed by atoms with Crippen LogP contribution < -0.4 is 10.0 Å². The Bertz CT molecular complexity index is 1590. The van der Waals surface area contributed by atoms with Crippen LogP contribution >= 0.6 is 0 Å². The number of anilines is 2. The van der Waals surface area contributed by atoms with Crippen LogP contribution in [0.15, 0.2) is 71.6 Å². The molecule has 0 atom stereocenters. The van der Waals surface area contributed by atoms with Gasteiger partial charge in [-0.3, -0.25) is 0 Å². The number of benzene rings is 3. The molecule has 8 nitrogen and oxygen atoms in total. The number of fused-ring (bicyclic) bond motifs is 1. The first-order chi connectivity index (χ1) is 17.5. The van der Waals surface area contributed by atoms with Crippen molar-refractivity contribution in [3.05, 3.63) is 83.4 Å². The molecule has 0 spiro atoms. The van der Waals surface area contributed by atoms with Crippen molar-refractivity contribution in [2.24, 2.45) is 0 Å². The fourth-order valence-electron chi connectivity index (χ4n) is 3.96. The van der Waals surface area contributed by atoms with E-state index >= 15 is 0 Å². The smallest absolute Gasteiger partial charge is 0.416 e. The van der Waals surface area contributed by atoms with E-state index in [-0.39, 0.29) is 40.1 Å². The van der Waals surface area contributed by atoms with Crippen LogP contribution in [-0.4, -0.2) is 35.1 Å². The van der Waals surface area contributed by atoms with Crippen molar-refractivity contribution in [2.75, 3.05) is 5.32 Å². The predicted octanol–water partition coefficient (Wildman–Crippen LogP) is 4.99. The fraction of sp³-hybridized carbons (Fsp3) is 0.200. The van der Waals surface area contributed by atoms with E-state index in [0.717, 1.165) is 18.9 Å². The van der Waals surface area contributed by atoms with E-state index in [4.69, 9.17) is 0 Å². The Labute approximate surface area is 209 Å². The number of halogens is 3. The van der Waals surface area contributed by atoms with Crippen LogP contribution in [0, 0.1) is 0 Å². The summed E-state index contributed by atoms with van der Waals surface area (Å²) in [4.78, 5) is 15.9. The highest BCUT2D eigenvalue weighted by Gasteiger charge is 2.33. The van der Waals surface area contributed by atoms with Crippen LogP contribution in [0.3, 0.4) is 0 Å². The van der Waals surface area contributed by atoms with Gasteiger partial charge in [0.15, 0.2) is 0 Å². The average Bonchev–Trinajstić information content (AvgIpc) is 3.59. The van der Waals surface area contributed by atoms with Crippen molar-refractivity contribution < 1.29 is 31.5 Å². The van der Waals surface area contributed by atoms with Crippen molar-refractivity contribution in [1.29, 1.82) is 0 Å². The number of nitrogens with one attached hydrogen (secondary N) is 2. The van der Waals surface area contributed by atoms with Crippen molar-refractivity contribution in [1.82, 2.24) is 14.3 Å². The predicted molar refractivity (Wildman–Crippen MR) is 130 cm³/mol. The molecule has 0 saturated heterocycles. The van der Waals surface area contributed by atoms with E-state index in [2.05, 4.69) is 15.0 Å². The van der Waals surface area contributed by atoms with Gasteiger partial charge in [-0.15, -0.1) is 0 Å². The summed E-state index contributed by atoms with van der Waals surface area (Å²) in [6, 6.07) is 15.2. The van der Waals surface area contributed by atoms with Gasteiger partial charge < -0.3 is 15.0 Å². The number of rotatable bonds is 8. The Hall–Kier alpha value is -3.90. The van der Waals surface area contributed by atoms with Gasteiger partial charge in [-0.05, 0) is 66.9 Å². The maximum Gasteiger partial charge on any atom is 0.416 e. The molecule has 1 saturated carbocycles. The molecule has 1 heterocycles. The lowest BCUT2D eigenvalue weighted by Crippen LogP contribution is -2.25. The molecule has 192 valence electrons. The van der Waals surface area contributed by atoms with E-state index < -0.39 is 27.7 Å². The maximum absolute atomic E-state index is 13.6. The molecule has 0 bridgehead atoms. The van der Waals surface area contributed by atoms with Gasteiger partial charge in [-0.2, -0.15) is 13.2 Å². The molecule has 0 unspecified atom stereocenters. The minimum Gasteiger partial charge on any atom is -0.478 e. The number of hydrogen-bond acceptors (Lipinski definition) is 5. The Kier molecular flexibility index (Phi) is 6.16. The second kappa shape index (κ2) is 9.20. The third-order valence-electron chi connectivity index (χ3n) is 5.97. The lowest BCUT2D eigenvalue weighted by atomic mass is 10.1. The average molecular weight is 531 g/mol. The highest BCUT2D eigenvalue weighted by molar-refractivity contribution is 7.89. The summed E-state index contributed by atoms with van der Waals surface area (Å²) in [6.45, 7) is -0.196. The Balaban J connectivity index is 1.53. The van der Waals surface area contributed by atoms with Crippen molar-refractivity contribution in [2.45, 2.75) is 36.5 Å². The molecule has 0 radical (unpaired) electrons. The van der Waals surface area contributed by atoms with Gasteiger partial charge in [0, 0.05) is 11.7 Å². The summed E-state index contributed by atoms with van der Waals surface area (Å²) >= 11 is 0. The standard InChI is InChI=1S/C25H21F3N4O4S/c26-25(27,28)20-4-2-1-3-16(20)14-32-22-12-5-15(23(33)34)13-21(22)30-24(32)29-17-8-10-19(11-9-17)37(35,36)31-18-6-7-18/h1-5,8-13,18,31H,6-7,14H2,(H,29,30)(H,33,34). The van der Waals surface area contributed by atoms with E-state index in [0.29, 0.717) is 11.2 Å². The van der Waals surface area contributed by atoms with Crippen LogP contribution in [-0.2, 0) is 22.7 Å². The highest BCUT2D eigenvalue weighted by atomic mass is 32.2. The van der Waals surface area contributed by atoms with Gasteiger partial charge in [0.1, 0.15) is 0 Å². The number of sulfonamides is 1. The van der Waals surface area contributed by atoms with E-state index in [1.54, 1.807) is 0 Å². The van der Waals surface area contributed by atoms with Crippen molar-refractivity contribution in [3.63, 3.8) is 0 Å². The molecule has 4 aromatic rings. The normalized spacial score (nSPS) is 14.1. The van der Waals surface area contributed by atoms with Gasteiger partial charge in [0.25, 0.3) is 0 Å². The minimum atomic E-state index is -4.56. The van der Waals surface area contributed by atoms with Crippen LogP contribution in [0.2, 0.25) is 0 Å². The first-order valence-electron chi connectivity index (χ1n) is 11.3. The summed E-state index contributed by atoms with van der Waals surface area (Å²) < 4.78 is 69.9. The molecule has 1 fully saturated rings. The number of carboxylic acid groups (broad SMARTS) is 1. The summed E-state index contributed by atoms with van der Waals surface area (Å²) in [5.41, 5.74) is 0.355. The number of alkyl halides is 3. The number of nitrogens with zero attached hydrogens (tertiary/aromatic N) is 2. The topological polar surface area (TPSA) is 113 Å². The SMILES string of the molecule is O=C(O)c1ccc2c(c1)nc(Nc1ccc(S(=O)(=O)NC3CC3)cc1)n2Cc1ccccc1C(F)(F)F. The molecule has 1 aliphatic rings. The van der Waals surface area contributed by atoms with Gasteiger partial charge in [-0.25, -0.2) is 22.9 Å². The molecular formula is C25H21F3N4O4S. The second-order valence-electron chi connectivity index (χ2n) is 8.73. The van der Waals surface area contributed by atoms with Gasteiger partial charge in [0.05, 0.1) is 33.6 Å². The minimum absolute atomic E-state index is 0.00672. The van der Waals surface area contributed by atoms with Gasteiger partial charge in [-0.1, -0.05) is 18.2 Å². The number of imidazole rings is 1. The molecule has 1 aliphatic carbocycles. The summed E-state index contributed by atoms with van der Waals surface area (Å²) in [5, 5.41) is 12.4. The monoisotopic (exact) mass is 530 g/mol. The molecule has 0 amide bonds. The number of carboxylic acids is 1. The van der Waals surface area contributed by atoms with Gasteiger partial charge >= 0.3 is 12.1 Å². The van der Waals surface area contributed by atoms with E-state index in [1.165, 1.54) is 65.2 Å². The molecule has 1 aromatic heterocycles. The van der Waals surface area contributed by atoms with Crippen LogP contribution in [0.5, 0.6) is 0 Å². The Morgan fingerprint density at radius 3 is 2.41 bits per heavy atom.